The van der Waals surface area contributed by atoms with Crippen LogP contribution in [0.2, 0.25) is 0 Å². The zero-order valence-electron chi connectivity index (χ0n) is 14.1. The van der Waals surface area contributed by atoms with Crippen molar-refractivity contribution in [1.82, 2.24) is 0 Å². The summed E-state index contributed by atoms with van der Waals surface area (Å²) in [5.74, 6) is 1.42. The van der Waals surface area contributed by atoms with Gasteiger partial charge in [0.25, 0.3) is 0 Å². The molecule has 0 N–H and O–H groups in total. The lowest BCUT2D eigenvalue weighted by Gasteiger charge is -2.17. The minimum absolute atomic E-state index is 0.696. The summed E-state index contributed by atoms with van der Waals surface area (Å²) >= 11 is 0. The Morgan fingerprint density at radius 1 is 0.950 bits per heavy atom. The highest BCUT2D eigenvalue weighted by atomic mass is 14.1. The summed E-state index contributed by atoms with van der Waals surface area (Å²) in [7, 11) is 0. The van der Waals surface area contributed by atoms with Gasteiger partial charge in [-0.2, -0.15) is 0 Å². The van der Waals surface area contributed by atoms with E-state index in [0.29, 0.717) is 5.92 Å². The van der Waals surface area contributed by atoms with Gasteiger partial charge >= 0.3 is 0 Å². The van der Waals surface area contributed by atoms with Crippen LogP contribution in [0.15, 0.2) is 47.1 Å². The second kappa shape index (κ2) is 9.00. The van der Waals surface area contributed by atoms with Crippen molar-refractivity contribution in [1.29, 1.82) is 0 Å². The third-order valence-corrected chi connectivity index (χ3v) is 4.27. The lowest BCUT2D eigenvalue weighted by molar-refractivity contribution is 0.435. The molecule has 0 fully saturated rings. The van der Waals surface area contributed by atoms with Crippen LogP contribution < -0.4 is 0 Å². The van der Waals surface area contributed by atoms with Gasteiger partial charge in [0.05, 0.1) is 0 Å². The van der Waals surface area contributed by atoms with Crippen LogP contribution in [-0.4, -0.2) is 0 Å². The standard InChI is InChI=1S/C20H32/c1-16(2)20-14-12-18(4)10-6-8-17(3)9-7-11-19(5)13-15-20/h8,10-12,14,16,20H,6-7,9,13,15H2,1-5H3/b14-12-,17-8-,18-10-,19-11-/t20-/m0/s1. The molecule has 0 saturated carbocycles. The lowest BCUT2D eigenvalue weighted by atomic mass is 9.88. The Hall–Kier alpha value is -1.04. The van der Waals surface area contributed by atoms with Gasteiger partial charge in [0, 0.05) is 0 Å². The van der Waals surface area contributed by atoms with Crippen molar-refractivity contribution in [3.63, 3.8) is 0 Å². The molecule has 1 aliphatic carbocycles. The largest absolute Gasteiger partial charge is 0.0853 e. The summed E-state index contributed by atoms with van der Waals surface area (Å²) in [6.45, 7) is 11.4. The maximum atomic E-state index is 2.44. The Labute approximate surface area is 126 Å². The molecule has 0 saturated heterocycles. The molecular formula is C20H32. The van der Waals surface area contributed by atoms with E-state index in [0.717, 1.165) is 12.3 Å². The maximum absolute atomic E-state index is 2.44. The molecule has 0 aromatic rings. The minimum atomic E-state index is 0.696. The Bertz CT molecular complexity index is 402. The molecule has 0 radical (unpaired) electrons. The lowest BCUT2D eigenvalue weighted by Crippen LogP contribution is -2.05. The molecule has 0 aromatic carbocycles. The monoisotopic (exact) mass is 272 g/mol. The predicted octanol–water partition coefficient (Wildman–Crippen LogP) is 6.62. The zero-order chi connectivity index (χ0) is 15.0. The zero-order valence-corrected chi connectivity index (χ0v) is 14.1. The Balaban J connectivity index is 2.85. The minimum Gasteiger partial charge on any atom is -0.0853 e. The highest BCUT2D eigenvalue weighted by Gasteiger charge is 2.09. The normalized spacial score (nSPS) is 32.3. The van der Waals surface area contributed by atoms with E-state index in [2.05, 4.69) is 65.0 Å². The van der Waals surface area contributed by atoms with E-state index in [1.54, 1.807) is 5.57 Å². The SMILES string of the molecule is CC1=C/C/C=C(/C)CC/C=C(/C)CC[C@@H](C(C)C)/C=C\1. The van der Waals surface area contributed by atoms with Crippen LogP contribution in [0.25, 0.3) is 0 Å². The first-order valence-electron chi connectivity index (χ1n) is 8.15. The molecule has 0 heteroatoms. The number of hydrogen-bond acceptors (Lipinski definition) is 0. The van der Waals surface area contributed by atoms with Crippen LogP contribution in [-0.2, 0) is 0 Å². The van der Waals surface area contributed by atoms with E-state index in [4.69, 9.17) is 0 Å². The molecule has 0 aromatic heterocycles. The van der Waals surface area contributed by atoms with E-state index in [1.807, 2.05) is 0 Å². The second-order valence-electron chi connectivity index (χ2n) is 6.63. The van der Waals surface area contributed by atoms with Gasteiger partial charge in [0.15, 0.2) is 0 Å². The quantitative estimate of drug-likeness (QED) is 0.471. The highest BCUT2D eigenvalue weighted by Crippen LogP contribution is 2.23. The van der Waals surface area contributed by atoms with Crippen LogP contribution in [0.5, 0.6) is 0 Å². The Morgan fingerprint density at radius 3 is 2.35 bits per heavy atom. The summed E-state index contributed by atoms with van der Waals surface area (Å²) in [5, 5.41) is 0. The molecule has 1 aliphatic rings. The average Bonchev–Trinajstić information content (AvgIpc) is 2.37. The molecule has 0 bridgehead atoms. The second-order valence-corrected chi connectivity index (χ2v) is 6.63. The molecule has 112 valence electrons. The average molecular weight is 272 g/mol. The van der Waals surface area contributed by atoms with Gasteiger partial charge in [-0.15, -0.1) is 0 Å². The molecule has 0 spiro atoms. The van der Waals surface area contributed by atoms with Crippen molar-refractivity contribution in [3.8, 4) is 0 Å². The van der Waals surface area contributed by atoms with Gasteiger partial charge < -0.3 is 0 Å². The summed E-state index contributed by atoms with van der Waals surface area (Å²) in [6, 6.07) is 0. The van der Waals surface area contributed by atoms with E-state index >= 15 is 0 Å². The van der Waals surface area contributed by atoms with Crippen molar-refractivity contribution in [2.45, 2.75) is 66.7 Å². The van der Waals surface area contributed by atoms with E-state index in [1.165, 1.54) is 36.8 Å². The van der Waals surface area contributed by atoms with Crippen molar-refractivity contribution in [2.75, 3.05) is 0 Å². The molecule has 0 unspecified atom stereocenters. The first-order valence-corrected chi connectivity index (χ1v) is 8.15. The van der Waals surface area contributed by atoms with E-state index < -0.39 is 0 Å². The summed E-state index contributed by atoms with van der Waals surface area (Å²) in [6.07, 6.45) is 17.9. The molecule has 0 aliphatic heterocycles. The first-order chi connectivity index (χ1) is 9.49. The first kappa shape index (κ1) is 17.0. The van der Waals surface area contributed by atoms with Crippen LogP contribution in [0.1, 0.15) is 66.7 Å². The number of allylic oxidation sites excluding steroid dienone is 8. The third-order valence-electron chi connectivity index (χ3n) is 4.27. The summed E-state index contributed by atoms with van der Waals surface area (Å²) < 4.78 is 0. The molecule has 1 rings (SSSR count). The van der Waals surface area contributed by atoms with Gasteiger partial charge in [-0.25, -0.2) is 0 Å². The Morgan fingerprint density at radius 2 is 1.65 bits per heavy atom. The summed E-state index contributed by atoms with van der Waals surface area (Å²) in [5.41, 5.74) is 4.46. The van der Waals surface area contributed by atoms with Crippen molar-refractivity contribution in [2.24, 2.45) is 11.8 Å². The fourth-order valence-electron chi connectivity index (χ4n) is 2.59. The van der Waals surface area contributed by atoms with Crippen molar-refractivity contribution >= 4 is 0 Å². The van der Waals surface area contributed by atoms with Crippen LogP contribution in [0, 0.1) is 11.8 Å². The number of rotatable bonds is 1. The van der Waals surface area contributed by atoms with E-state index in [9.17, 15) is 0 Å². The van der Waals surface area contributed by atoms with Gasteiger partial charge in [0.1, 0.15) is 0 Å². The topological polar surface area (TPSA) is 0 Å². The molecule has 0 heterocycles. The fraction of sp³-hybridized carbons (Fsp3) is 0.600. The van der Waals surface area contributed by atoms with Gasteiger partial charge in [0.2, 0.25) is 0 Å². The molecule has 0 nitrogen and oxygen atoms in total. The smallest absolute Gasteiger partial charge is 0.0161 e. The maximum Gasteiger partial charge on any atom is -0.0161 e. The van der Waals surface area contributed by atoms with Crippen LogP contribution >= 0.6 is 0 Å². The van der Waals surface area contributed by atoms with Crippen molar-refractivity contribution in [3.05, 3.63) is 47.1 Å². The van der Waals surface area contributed by atoms with E-state index in [-0.39, 0.29) is 0 Å². The van der Waals surface area contributed by atoms with Gasteiger partial charge in [-0.05, 0) is 64.7 Å². The molecule has 0 amide bonds. The van der Waals surface area contributed by atoms with Crippen molar-refractivity contribution < 1.29 is 0 Å². The highest BCUT2D eigenvalue weighted by molar-refractivity contribution is 5.19. The third kappa shape index (κ3) is 6.93. The molecule has 1 atom stereocenters. The van der Waals surface area contributed by atoms with Gasteiger partial charge in [-0.1, -0.05) is 60.9 Å². The summed E-state index contributed by atoms with van der Waals surface area (Å²) in [4.78, 5) is 0. The molecular weight excluding hydrogens is 240 g/mol. The predicted molar refractivity (Wildman–Crippen MR) is 91.8 cm³/mol. The Kier molecular flexibility index (Phi) is 7.65. The number of hydrogen-bond donors (Lipinski definition) is 0. The van der Waals surface area contributed by atoms with Crippen LogP contribution in [0.3, 0.4) is 0 Å². The molecule has 20 heavy (non-hydrogen) atoms. The van der Waals surface area contributed by atoms with Crippen LogP contribution in [0.4, 0.5) is 0 Å². The van der Waals surface area contributed by atoms with Gasteiger partial charge in [-0.3, -0.25) is 0 Å². The fourth-order valence-corrected chi connectivity index (χ4v) is 2.59.